The fourth-order valence-electron chi connectivity index (χ4n) is 2.87. The van der Waals surface area contributed by atoms with E-state index in [1.807, 2.05) is 19.1 Å². The molecule has 26 heavy (non-hydrogen) atoms. The third-order valence-corrected chi connectivity index (χ3v) is 4.30. The first kappa shape index (κ1) is 17.7. The third kappa shape index (κ3) is 2.83. The molecule has 3 rings (SSSR count). The molecule has 0 saturated carbocycles. The Labute approximate surface area is 150 Å². The smallest absolute Gasteiger partial charge is 0.332 e. The summed E-state index contributed by atoms with van der Waals surface area (Å²) in [7, 11) is 3.33. The first-order valence-electron chi connectivity index (χ1n) is 8.40. The van der Waals surface area contributed by atoms with Crippen molar-refractivity contribution in [2.24, 2.45) is 7.05 Å². The van der Waals surface area contributed by atoms with Crippen LogP contribution in [-0.4, -0.2) is 30.8 Å². The molecule has 0 atom stereocenters. The van der Waals surface area contributed by atoms with Crippen molar-refractivity contribution in [1.82, 2.24) is 23.7 Å². The van der Waals surface area contributed by atoms with Crippen molar-refractivity contribution in [3.63, 3.8) is 0 Å². The van der Waals surface area contributed by atoms with E-state index in [4.69, 9.17) is 4.74 Å². The number of nitrogens with zero attached hydrogens (tertiary/aromatic N) is 5. The number of aryl methyl sites for hydroxylation is 2. The van der Waals surface area contributed by atoms with Crippen molar-refractivity contribution in [2.75, 3.05) is 7.11 Å². The molecule has 0 aliphatic heterocycles. The quantitative estimate of drug-likeness (QED) is 0.693. The molecule has 136 valence electrons. The lowest BCUT2D eigenvalue weighted by atomic mass is 10.2. The van der Waals surface area contributed by atoms with Gasteiger partial charge >= 0.3 is 5.69 Å². The van der Waals surface area contributed by atoms with Gasteiger partial charge in [-0.1, -0.05) is 0 Å². The van der Waals surface area contributed by atoms with Gasteiger partial charge < -0.3 is 9.30 Å². The molecular weight excluding hydrogens is 334 g/mol. The molecule has 0 bridgehead atoms. The van der Waals surface area contributed by atoms with Gasteiger partial charge in [-0.25, -0.2) is 14.8 Å². The molecule has 0 aliphatic rings. The topological polar surface area (TPSA) is 83.9 Å². The number of pyridine rings is 1. The summed E-state index contributed by atoms with van der Waals surface area (Å²) in [4.78, 5) is 33.8. The van der Waals surface area contributed by atoms with Gasteiger partial charge in [0.1, 0.15) is 5.82 Å². The van der Waals surface area contributed by atoms with E-state index in [-0.39, 0.29) is 11.2 Å². The summed E-state index contributed by atoms with van der Waals surface area (Å²) in [5, 5.41) is 0. The Bertz CT molecular complexity index is 1090. The predicted molar refractivity (Wildman–Crippen MR) is 100 cm³/mol. The predicted octanol–water partition coefficient (Wildman–Crippen LogP) is 1.51. The molecule has 0 N–H and O–H groups in total. The summed E-state index contributed by atoms with van der Waals surface area (Å²) in [5.74, 6) is 1.13. The minimum absolute atomic E-state index is 0.321. The molecule has 3 aromatic rings. The maximum absolute atomic E-state index is 12.7. The molecule has 8 heteroatoms. The van der Waals surface area contributed by atoms with Crippen molar-refractivity contribution in [2.45, 2.75) is 26.9 Å². The standard InChI is InChI=1S/C18H21N5O3/c1-5-22-16-15(17(24)23(6-2)18(22)25)21(3)13(20-16)9-7-12-8-10-14(26-4)19-11-12/h7-11H,5-6H2,1-4H3. The summed E-state index contributed by atoms with van der Waals surface area (Å²) < 4.78 is 9.50. The monoisotopic (exact) mass is 355 g/mol. The SMILES string of the molecule is CCn1c(=O)c2c(nc(C=Cc3ccc(OC)nc3)n2C)n(CC)c1=O. The minimum atomic E-state index is -0.333. The van der Waals surface area contributed by atoms with E-state index in [0.29, 0.717) is 36.0 Å². The van der Waals surface area contributed by atoms with Gasteiger partial charge in [-0.15, -0.1) is 0 Å². The maximum Gasteiger partial charge on any atom is 0.332 e. The second kappa shape index (κ2) is 6.99. The van der Waals surface area contributed by atoms with Crippen LogP contribution in [0.5, 0.6) is 5.88 Å². The number of hydrogen-bond acceptors (Lipinski definition) is 5. The Balaban J connectivity index is 2.14. The second-order valence-electron chi connectivity index (χ2n) is 5.74. The molecule has 0 radical (unpaired) electrons. The van der Waals surface area contributed by atoms with E-state index in [2.05, 4.69) is 9.97 Å². The van der Waals surface area contributed by atoms with Crippen LogP contribution >= 0.6 is 0 Å². The second-order valence-corrected chi connectivity index (χ2v) is 5.74. The van der Waals surface area contributed by atoms with Crippen molar-refractivity contribution in [1.29, 1.82) is 0 Å². The number of fused-ring (bicyclic) bond motifs is 1. The first-order valence-corrected chi connectivity index (χ1v) is 8.40. The lowest BCUT2D eigenvalue weighted by Gasteiger charge is -2.08. The van der Waals surface area contributed by atoms with E-state index in [1.54, 1.807) is 44.0 Å². The molecule has 0 spiro atoms. The molecule has 0 fully saturated rings. The van der Waals surface area contributed by atoms with Gasteiger partial charge in [-0.05, 0) is 37.6 Å². The van der Waals surface area contributed by atoms with Crippen LogP contribution in [-0.2, 0) is 20.1 Å². The summed E-state index contributed by atoms with van der Waals surface area (Å²) in [6, 6.07) is 3.64. The number of hydrogen-bond donors (Lipinski definition) is 0. The normalized spacial score (nSPS) is 11.5. The summed E-state index contributed by atoms with van der Waals surface area (Å²) >= 11 is 0. The molecule has 3 aromatic heterocycles. The fourth-order valence-corrected chi connectivity index (χ4v) is 2.87. The van der Waals surface area contributed by atoms with Gasteiger partial charge in [-0.3, -0.25) is 13.9 Å². The van der Waals surface area contributed by atoms with Crippen molar-refractivity contribution < 1.29 is 4.74 Å². The van der Waals surface area contributed by atoms with Gasteiger partial charge in [0.05, 0.1) is 7.11 Å². The van der Waals surface area contributed by atoms with Crippen LogP contribution in [0.4, 0.5) is 0 Å². The lowest BCUT2D eigenvalue weighted by Crippen LogP contribution is -2.39. The molecule has 3 heterocycles. The maximum atomic E-state index is 12.7. The molecule has 0 unspecified atom stereocenters. The number of aromatic nitrogens is 5. The van der Waals surface area contributed by atoms with E-state index in [1.165, 1.54) is 9.13 Å². The number of ether oxygens (including phenoxy) is 1. The summed E-state index contributed by atoms with van der Waals surface area (Å²) in [5.41, 5.74) is 1.04. The third-order valence-electron chi connectivity index (χ3n) is 4.30. The largest absolute Gasteiger partial charge is 0.481 e. The van der Waals surface area contributed by atoms with Crippen molar-refractivity contribution in [3.05, 3.63) is 50.6 Å². The minimum Gasteiger partial charge on any atom is -0.481 e. The molecule has 0 saturated heterocycles. The average Bonchev–Trinajstić information content (AvgIpc) is 2.97. The highest BCUT2D eigenvalue weighted by atomic mass is 16.5. The zero-order chi connectivity index (χ0) is 18.8. The van der Waals surface area contributed by atoms with E-state index >= 15 is 0 Å². The fraction of sp³-hybridized carbons (Fsp3) is 0.333. The molecule has 0 aliphatic carbocycles. The summed E-state index contributed by atoms with van der Waals surface area (Å²) in [6.07, 6.45) is 5.33. The lowest BCUT2D eigenvalue weighted by molar-refractivity contribution is 0.398. The van der Waals surface area contributed by atoms with Gasteiger partial charge in [0.2, 0.25) is 5.88 Å². The van der Waals surface area contributed by atoms with Gasteiger partial charge in [0.25, 0.3) is 5.56 Å². The van der Waals surface area contributed by atoms with Crippen LogP contribution in [0.3, 0.4) is 0 Å². The average molecular weight is 355 g/mol. The Morgan fingerprint density at radius 3 is 2.42 bits per heavy atom. The first-order chi connectivity index (χ1) is 12.5. The van der Waals surface area contributed by atoms with Gasteiger partial charge in [-0.2, -0.15) is 0 Å². The molecule has 8 nitrogen and oxygen atoms in total. The van der Waals surface area contributed by atoms with Gasteiger partial charge in [0, 0.05) is 32.4 Å². The van der Waals surface area contributed by atoms with E-state index in [9.17, 15) is 9.59 Å². The zero-order valence-corrected chi connectivity index (χ0v) is 15.3. The highest BCUT2D eigenvalue weighted by molar-refractivity contribution is 5.76. The highest BCUT2D eigenvalue weighted by Crippen LogP contribution is 2.14. The Morgan fingerprint density at radius 1 is 1.12 bits per heavy atom. The van der Waals surface area contributed by atoms with Crippen LogP contribution in [0.2, 0.25) is 0 Å². The van der Waals surface area contributed by atoms with Crippen LogP contribution in [0.25, 0.3) is 23.3 Å². The number of methoxy groups -OCH3 is 1. The molecular formula is C18H21N5O3. The van der Waals surface area contributed by atoms with Crippen LogP contribution in [0.15, 0.2) is 27.9 Å². The van der Waals surface area contributed by atoms with Crippen LogP contribution in [0, 0.1) is 0 Å². The summed E-state index contributed by atoms with van der Waals surface area (Å²) in [6.45, 7) is 4.40. The van der Waals surface area contributed by atoms with Gasteiger partial charge in [0.15, 0.2) is 11.2 Å². The van der Waals surface area contributed by atoms with Crippen molar-refractivity contribution >= 4 is 23.3 Å². The van der Waals surface area contributed by atoms with Crippen molar-refractivity contribution in [3.8, 4) is 5.88 Å². The Kier molecular flexibility index (Phi) is 4.75. The Morgan fingerprint density at radius 2 is 1.85 bits per heavy atom. The van der Waals surface area contributed by atoms with E-state index < -0.39 is 0 Å². The highest BCUT2D eigenvalue weighted by Gasteiger charge is 2.17. The Hall–Kier alpha value is -3.16. The number of imidazole rings is 1. The van der Waals surface area contributed by atoms with E-state index in [0.717, 1.165) is 5.56 Å². The van der Waals surface area contributed by atoms with Crippen LogP contribution < -0.4 is 16.0 Å². The number of rotatable bonds is 5. The molecule has 0 aromatic carbocycles. The zero-order valence-electron chi connectivity index (χ0n) is 15.3. The van der Waals surface area contributed by atoms with Crippen LogP contribution in [0.1, 0.15) is 25.2 Å². The molecule has 0 amide bonds.